The van der Waals surface area contributed by atoms with E-state index in [4.69, 9.17) is 31.8 Å². The second-order valence-corrected chi connectivity index (χ2v) is 24.2. The van der Waals surface area contributed by atoms with Gasteiger partial charge in [-0.05, 0) is 106 Å². The van der Waals surface area contributed by atoms with E-state index in [1.807, 2.05) is 63.8 Å². The molecule has 4 saturated heterocycles. The third-order valence-electron chi connectivity index (χ3n) is 15.9. The first kappa shape index (κ1) is 58.4. The minimum absolute atomic E-state index is 0.0467. The van der Waals surface area contributed by atoms with Crippen molar-refractivity contribution in [3.63, 3.8) is 0 Å². The summed E-state index contributed by atoms with van der Waals surface area (Å²) in [4.78, 5) is 70.5. The normalized spacial score (nSPS) is 21.0. The van der Waals surface area contributed by atoms with E-state index in [9.17, 15) is 32.7 Å². The molecule has 0 saturated carbocycles. The molecule has 7 atom stereocenters. The number of aryl methyl sites for hydroxylation is 2. The molecule has 2 aromatic carbocycles. The first-order valence-electron chi connectivity index (χ1n) is 27.6. The molecule has 8 heterocycles. The highest BCUT2D eigenvalue weighted by molar-refractivity contribution is 7.13. The number of β-amino-alcohol motifs (C(OH)–C–C–N with tert-alkyl or cyclic N) is 1. The summed E-state index contributed by atoms with van der Waals surface area (Å²) in [6, 6.07) is 11.2. The molecule has 0 aliphatic carbocycles. The van der Waals surface area contributed by atoms with Crippen LogP contribution in [-0.4, -0.2) is 140 Å². The van der Waals surface area contributed by atoms with Gasteiger partial charge in [0.1, 0.15) is 47.3 Å². The molecular formula is C58H67ClF4N12O6S. The summed E-state index contributed by atoms with van der Waals surface area (Å²) in [6.45, 7) is 13.4. The van der Waals surface area contributed by atoms with Crippen LogP contribution in [0.15, 0.2) is 60.2 Å². The van der Waals surface area contributed by atoms with Gasteiger partial charge in [0.2, 0.25) is 11.8 Å². The van der Waals surface area contributed by atoms with E-state index < -0.39 is 76.2 Å². The third-order valence-corrected chi connectivity index (χ3v) is 17.2. The Kier molecular flexibility index (Phi) is 17.0. The Morgan fingerprint density at radius 3 is 2.38 bits per heavy atom. The highest BCUT2D eigenvalue weighted by Crippen LogP contribution is 2.45. The third kappa shape index (κ3) is 12.6. The van der Waals surface area contributed by atoms with Gasteiger partial charge >= 0.3 is 12.2 Å². The van der Waals surface area contributed by atoms with Crippen molar-refractivity contribution >= 4 is 63.2 Å². The fourth-order valence-corrected chi connectivity index (χ4v) is 12.8. The molecule has 6 N–H and O–H groups in total. The number of nitrogens with zero attached hydrogens (tertiary/aromatic N) is 8. The number of hydrogen-bond donors (Lipinski definition) is 5. The number of benzene rings is 2. The Bertz CT molecular complexity index is 3340. The smallest absolute Gasteiger partial charge is 0.418 e. The Morgan fingerprint density at radius 2 is 1.71 bits per heavy atom. The number of fused-ring (bicyclic) bond motifs is 3. The lowest BCUT2D eigenvalue weighted by atomic mass is 9.85. The second-order valence-electron chi connectivity index (χ2n) is 22.9. The maximum Gasteiger partial charge on any atom is 0.418 e. The molecule has 10 rings (SSSR count). The van der Waals surface area contributed by atoms with Crippen LogP contribution in [0.2, 0.25) is 5.02 Å². The van der Waals surface area contributed by atoms with Gasteiger partial charge in [0, 0.05) is 56.1 Å². The molecule has 436 valence electrons. The number of alkyl halides is 3. The molecule has 0 radical (unpaired) electrons. The van der Waals surface area contributed by atoms with Gasteiger partial charge in [-0.15, -0.1) is 11.3 Å². The van der Waals surface area contributed by atoms with Crippen LogP contribution in [0.1, 0.15) is 105 Å². The second kappa shape index (κ2) is 23.8. The number of anilines is 2. The van der Waals surface area contributed by atoms with Crippen LogP contribution in [0.3, 0.4) is 0 Å². The zero-order chi connectivity index (χ0) is 58.4. The van der Waals surface area contributed by atoms with Gasteiger partial charge < -0.3 is 46.1 Å². The monoisotopic (exact) mass is 1170 g/mol. The van der Waals surface area contributed by atoms with Crippen molar-refractivity contribution in [2.75, 3.05) is 56.6 Å². The van der Waals surface area contributed by atoms with Gasteiger partial charge in [-0.1, -0.05) is 56.6 Å². The quantitative estimate of drug-likeness (QED) is 0.0427. The summed E-state index contributed by atoms with van der Waals surface area (Å²) in [6.07, 6.45) is -0.134. The SMILES string of the molecule is Cc1cc(N)nc(-c2c(Cl)cc3c(N4CC5CCC(C4)N5)nc(OC[C@@H]4CCCN4CCCOc4ccc(C(=O)N[C@H](C(=O)N5C[C@H](O)C[C@H]5C(=O)N[C@@H](C)c5ccc(-c6scnc6C)cc5)C(C)(C)C)nc4)nc3c2F)c1C(F)(F)F. The maximum absolute atomic E-state index is 17.0. The van der Waals surface area contributed by atoms with Crippen molar-refractivity contribution in [1.82, 2.24) is 50.7 Å². The number of halogens is 5. The van der Waals surface area contributed by atoms with Gasteiger partial charge in [-0.3, -0.25) is 19.3 Å². The molecule has 4 aliphatic heterocycles. The summed E-state index contributed by atoms with van der Waals surface area (Å²) >= 11 is 8.25. The molecule has 3 amide bonds. The van der Waals surface area contributed by atoms with E-state index in [0.717, 1.165) is 60.0 Å². The minimum Gasteiger partial charge on any atom is -0.492 e. The Labute approximate surface area is 481 Å². The zero-order valence-electron chi connectivity index (χ0n) is 46.4. The number of aromatic nitrogens is 5. The van der Waals surface area contributed by atoms with Crippen molar-refractivity contribution in [3.8, 4) is 33.5 Å². The maximum atomic E-state index is 17.0. The van der Waals surface area contributed by atoms with Crippen LogP contribution < -0.4 is 36.1 Å². The number of ether oxygens (including phenoxy) is 2. The standard InChI is InChI=1S/C58H67ClF4N12O6S/c1-30-21-44(64)69-49(46(30)58(61,62)63)45-41(59)23-40-48(47(45)60)70-56(72-52(40)74-25-35-14-15-36(26-74)68-35)81-28-37-9-7-18-73(37)19-8-20-80-39-16-17-42(65-24-39)53(77)71-51(57(4,5)6)55(79)75-27-38(76)22-43(75)54(78)67-31(2)33-10-12-34(13-11-33)50-32(3)66-29-82-50/h10-13,16-17,21,23-24,29,31,35-38,43,51,68,76H,7-9,14-15,18-20,22,25-28H2,1-6H3,(H2,64,69)(H,67,78)(H,71,77)/t31-,35?,36?,37-,38+,43-,51+/m0/s1. The molecule has 24 heteroatoms. The molecule has 4 aliphatic rings. The number of piperazine rings is 1. The molecule has 6 aromatic rings. The summed E-state index contributed by atoms with van der Waals surface area (Å²) in [5.41, 5.74) is 6.88. The van der Waals surface area contributed by atoms with Gasteiger partial charge in [-0.2, -0.15) is 23.1 Å². The zero-order valence-corrected chi connectivity index (χ0v) is 48.0. The van der Waals surface area contributed by atoms with Crippen LogP contribution in [0.25, 0.3) is 32.6 Å². The van der Waals surface area contributed by atoms with Crippen LogP contribution in [-0.2, 0) is 15.8 Å². The number of rotatable bonds is 17. The highest BCUT2D eigenvalue weighted by atomic mass is 35.5. The predicted molar refractivity (Wildman–Crippen MR) is 304 cm³/mol. The number of likely N-dealkylation sites (tertiary alicyclic amines) is 2. The van der Waals surface area contributed by atoms with E-state index in [2.05, 4.69) is 40.8 Å². The van der Waals surface area contributed by atoms with E-state index in [0.29, 0.717) is 44.2 Å². The number of carbonyl (C=O) groups is 3. The van der Waals surface area contributed by atoms with E-state index in [1.165, 1.54) is 30.2 Å². The Balaban J connectivity index is 0.749. The van der Waals surface area contributed by atoms with Crippen LogP contribution in [0, 0.1) is 25.1 Å². The van der Waals surface area contributed by atoms with Crippen molar-refractivity contribution in [3.05, 3.63) is 99.2 Å². The number of amides is 3. The van der Waals surface area contributed by atoms with Gasteiger partial charge in [0.15, 0.2) is 5.82 Å². The minimum atomic E-state index is -4.89. The van der Waals surface area contributed by atoms with E-state index in [1.54, 1.807) is 22.9 Å². The predicted octanol–water partition coefficient (Wildman–Crippen LogP) is 8.46. The van der Waals surface area contributed by atoms with Crippen molar-refractivity contribution in [2.45, 2.75) is 129 Å². The first-order chi connectivity index (χ1) is 39.0. The Morgan fingerprint density at radius 1 is 0.963 bits per heavy atom. The van der Waals surface area contributed by atoms with Crippen LogP contribution in [0.4, 0.5) is 29.2 Å². The molecule has 0 spiro atoms. The topological polar surface area (TPSA) is 226 Å². The number of nitrogens with one attached hydrogen (secondary N) is 3. The van der Waals surface area contributed by atoms with E-state index in [-0.39, 0.29) is 76.7 Å². The lowest BCUT2D eigenvalue weighted by molar-refractivity contribution is -0.142. The number of nitrogen functional groups attached to an aromatic ring is 1. The van der Waals surface area contributed by atoms with Crippen LogP contribution >= 0.6 is 22.9 Å². The number of thiazole rings is 1. The molecule has 18 nitrogen and oxygen atoms in total. The van der Waals surface area contributed by atoms with Crippen molar-refractivity contribution < 1.29 is 46.5 Å². The number of hydrogen-bond acceptors (Lipinski definition) is 16. The number of carbonyl (C=O) groups excluding carboxylic acids is 3. The van der Waals surface area contributed by atoms with Crippen LogP contribution in [0.5, 0.6) is 11.8 Å². The molecule has 4 fully saturated rings. The number of nitrogens with two attached hydrogens (primary N) is 1. The molecular weight excluding hydrogens is 1100 g/mol. The van der Waals surface area contributed by atoms with Crippen molar-refractivity contribution in [1.29, 1.82) is 0 Å². The average molecular weight is 1170 g/mol. The number of pyridine rings is 2. The molecule has 82 heavy (non-hydrogen) atoms. The first-order valence-corrected chi connectivity index (χ1v) is 28.9. The lowest BCUT2D eigenvalue weighted by Gasteiger charge is -2.35. The fraction of sp³-hybridized carbons (Fsp3) is 0.483. The lowest BCUT2D eigenvalue weighted by Crippen LogP contribution is -2.58. The van der Waals surface area contributed by atoms with Gasteiger partial charge in [0.05, 0.1) is 62.9 Å². The molecule has 2 bridgehead atoms. The van der Waals surface area contributed by atoms with Crippen molar-refractivity contribution in [2.24, 2.45) is 5.41 Å². The van der Waals surface area contributed by atoms with Gasteiger partial charge in [0.25, 0.3) is 5.91 Å². The average Bonchev–Trinajstić information content (AvgIpc) is 2.54. The summed E-state index contributed by atoms with van der Waals surface area (Å²) in [7, 11) is 0. The summed E-state index contributed by atoms with van der Waals surface area (Å²) in [5.74, 6) is -2.04. The largest absolute Gasteiger partial charge is 0.492 e. The number of aliphatic hydroxyl groups excluding tert-OH is 1. The number of aliphatic hydroxyl groups is 1. The van der Waals surface area contributed by atoms with E-state index >= 15 is 4.39 Å². The summed E-state index contributed by atoms with van der Waals surface area (Å²) in [5, 5.41) is 20.1. The van der Waals surface area contributed by atoms with Gasteiger partial charge in [-0.25, -0.2) is 19.3 Å². The summed E-state index contributed by atoms with van der Waals surface area (Å²) < 4.78 is 72.9. The highest BCUT2D eigenvalue weighted by Gasteiger charge is 2.45. The fourth-order valence-electron chi connectivity index (χ4n) is 11.7. The Hall–Kier alpha value is -6.79. The molecule has 4 aromatic heterocycles. The molecule has 2 unspecified atom stereocenters.